The van der Waals surface area contributed by atoms with Gasteiger partial charge in [-0.05, 0) is 31.5 Å². The summed E-state index contributed by atoms with van der Waals surface area (Å²) in [7, 11) is 0. The monoisotopic (exact) mass is 341 g/mol. The number of benzene rings is 2. The highest BCUT2D eigenvalue weighted by Gasteiger charge is 2.25. The lowest BCUT2D eigenvalue weighted by atomic mass is 10.1. The Morgan fingerprint density at radius 3 is 2.38 bits per heavy atom. The third-order valence-electron chi connectivity index (χ3n) is 4.06. The first kappa shape index (κ1) is 16.9. The van der Waals surface area contributed by atoms with E-state index < -0.39 is 0 Å². The van der Waals surface area contributed by atoms with Gasteiger partial charge >= 0.3 is 0 Å². The molecule has 0 bridgehead atoms. The first-order valence-corrected chi connectivity index (χ1v) is 8.75. The van der Waals surface area contributed by atoms with Crippen LogP contribution in [0.2, 0.25) is 0 Å². The second-order valence-electron chi connectivity index (χ2n) is 6.24. The standard InChI is InChI=1S/C20H23NO2S/c1-15-12-21(13-16(2)23-15)20(24)18-10-6-7-11-19(18)22-14-17-8-4-3-5-9-17/h3-11,15-16H,12-14H2,1-2H3/t15-,16-/m1/s1. The zero-order chi connectivity index (χ0) is 16.9. The number of thiocarbonyl (C=S) groups is 1. The molecular formula is C20H23NO2S. The molecule has 0 aromatic heterocycles. The Morgan fingerprint density at radius 1 is 1.04 bits per heavy atom. The average molecular weight is 341 g/mol. The summed E-state index contributed by atoms with van der Waals surface area (Å²) in [4.78, 5) is 3.06. The minimum absolute atomic E-state index is 0.184. The predicted molar refractivity (Wildman–Crippen MR) is 100 cm³/mol. The molecule has 0 aliphatic carbocycles. The van der Waals surface area contributed by atoms with Crippen LogP contribution in [0.15, 0.2) is 54.6 Å². The molecule has 0 amide bonds. The molecule has 3 rings (SSSR count). The third-order valence-corrected chi connectivity index (χ3v) is 4.54. The Balaban J connectivity index is 1.74. The molecule has 0 spiro atoms. The van der Waals surface area contributed by atoms with Crippen LogP contribution in [0.25, 0.3) is 0 Å². The molecule has 2 atom stereocenters. The maximum Gasteiger partial charge on any atom is 0.130 e. The Kier molecular flexibility index (Phi) is 5.48. The molecule has 1 fully saturated rings. The van der Waals surface area contributed by atoms with Gasteiger partial charge in [0.25, 0.3) is 0 Å². The highest BCUT2D eigenvalue weighted by molar-refractivity contribution is 7.80. The van der Waals surface area contributed by atoms with Crippen LogP contribution in [0, 0.1) is 0 Å². The average Bonchev–Trinajstić information content (AvgIpc) is 2.59. The molecule has 1 aliphatic heterocycles. The molecule has 1 saturated heterocycles. The summed E-state index contributed by atoms with van der Waals surface area (Å²) in [6.45, 7) is 6.34. The highest BCUT2D eigenvalue weighted by Crippen LogP contribution is 2.24. The minimum atomic E-state index is 0.184. The molecule has 126 valence electrons. The van der Waals surface area contributed by atoms with Crippen molar-refractivity contribution in [1.29, 1.82) is 0 Å². The van der Waals surface area contributed by atoms with Crippen molar-refractivity contribution >= 4 is 17.2 Å². The van der Waals surface area contributed by atoms with Crippen LogP contribution >= 0.6 is 12.2 Å². The molecule has 3 nitrogen and oxygen atoms in total. The molecule has 1 aliphatic rings. The Bertz CT molecular complexity index is 679. The Morgan fingerprint density at radius 2 is 1.67 bits per heavy atom. The van der Waals surface area contributed by atoms with Gasteiger partial charge in [-0.1, -0.05) is 54.7 Å². The maximum absolute atomic E-state index is 6.04. The lowest BCUT2D eigenvalue weighted by Crippen LogP contribution is -2.47. The topological polar surface area (TPSA) is 21.7 Å². The number of nitrogens with zero attached hydrogens (tertiary/aromatic N) is 1. The van der Waals surface area contributed by atoms with Crippen molar-refractivity contribution in [3.8, 4) is 5.75 Å². The first-order chi connectivity index (χ1) is 11.6. The lowest BCUT2D eigenvalue weighted by Gasteiger charge is -2.37. The van der Waals surface area contributed by atoms with E-state index in [2.05, 4.69) is 30.9 Å². The van der Waals surface area contributed by atoms with Crippen molar-refractivity contribution < 1.29 is 9.47 Å². The van der Waals surface area contributed by atoms with Gasteiger partial charge in [0.2, 0.25) is 0 Å². The molecule has 2 aromatic carbocycles. The van der Waals surface area contributed by atoms with Crippen molar-refractivity contribution in [1.82, 2.24) is 4.90 Å². The molecule has 2 aromatic rings. The van der Waals surface area contributed by atoms with Crippen LogP contribution in [0.5, 0.6) is 5.75 Å². The fourth-order valence-electron chi connectivity index (χ4n) is 3.02. The number of ether oxygens (including phenoxy) is 2. The summed E-state index contributed by atoms with van der Waals surface area (Å²) in [5.41, 5.74) is 2.12. The molecule has 1 heterocycles. The summed E-state index contributed by atoms with van der Waals surface area (Å²) in [6.07, 6.45) is 0.369. The van der Waals surface area contributed by atoms with E-state index in [1.54, 1.807) is 0 Å². The number of hydrogen-bond acceptors (Lipinski definition) is 3. The van der Waals surface area contributed by atoms with Crippen LogP contribution in [-0.2, 0) is 11.3 Å². The van der Waals surface area contributed by atoms with E-state index in [9.17, 15) is 0 Å². The first-order valence-electron chi connectivity index (χ1n) is 8.34. The van der Waals surface area contributed by atoms with Gasteiger partial charge in [-0.3, -0.25) is 0 Å². The van der Waals surface area contributed by atoms with Gasteiger partial charge in [-0.15, -0.1) is 0 Å². The van der Waals surface area contributed by atoms with Crippen LogP contribution in [0.3, 0.4) is 0 Å². The number of para-hydroxylation sites is 1. The summed E-state index contributed by atoms with van der Waals surface area (Å²) < 4.78 is 11.8. The SMILES string of the molecule is C[C@@H]1CN(C(=S)c2ccccc2OCc2ccccc2)C[C@@H](C)O1. The maximum atomic E-state index is 6.04. The van der Waals surface area contributed by atoms with Gasteiger partial charge in [0, 0.05) is 13.1 Å². The van der Waals surface area contributed by atoms with Gasteiger partial charge in [0.15, 0.2) is 0 Å². The van der Waals surface area contributed by atoms with Gasteiger partial charge in [-0.25, -0.2) is 0 Å². The van der Waals surface area contributed by atoms with Gasteiger partial charge in [0.05, 0.1) is 17.8 Å². The fourth-order valence-corrected chi connectivity index (χ4v) is 3.34. The van der Waals surface area contributed by atoms with Crippen molar-refractivity contribution in [2.24, 2.45) is 0 Å². The molecular weight excluding hydrogens is 318 g/mol. The van der Waals surface area contributed by atoms with Crippen molar-refractivity contribution in [2.45, 2.75) is 32.7 Å². The fraction of sp³-hybridized carbons (Fsp3) is 0.350. The van der Waals surface area contributed by atoms with Gasteiger partial charge in [0.1, 0.15) is 17.3 Å². The van der Waals surface area contributed by atoms with Gasteiger partial charge in [-0.2, -0.15) is 0 Å². The summed E-state index contributed by atoms with van der Waals surface area (Å²) in [6, 6.07) is 18.2. The van der Waals surface area contributed by atoms with E-state index >= 15 is 0 Å². The van der Waals surface area contributed by atoms with Crippen LogP contribution in [0.4, 0.5) is 0 Å². The second kappa shape index (κ2) is 7.77. The van der Waals surface area contributed by atoms with E-state index in [0.717, 1.165) is 35.0 Å². The van der Waals surface area contributed by atoms with Crippen molar-refractivity contribution in [3.05, 3.63) is 65.7 Å². The van der Waals surface area contributed by atoms with E-state index in [1.165, 1.54) is 0 Å². The smallest absolute Gasteiger partial charge is 0.130 e. The Hall–Kier alpha value is -1.91. The van der Waals surface area contributed by atoms with Crippen molar-refractivity contribution in [3.63, 3.8) is 0 Å². The second-order valence-corrected chi connectivity index (χ2v) is 6.62. The van der Waals surface area contributed by atoms with E-state index in [0.29, 0.717) is 6.61 Å². The van der Waals surface area contributed by atoms with Gasteiger partial charge < -0.3 is 14.4 Å². The van der Waals surface area contributed by atoms with Crippen LogP contribution in [-0.4, -0.2) is 35.2 Å². The number of morpholine rings is 1. The summed E-state index contributed by atoms with van der Waals surface area (Å²) in [5, 5.41) is 0. The molecule has 24 heavy (non-hydrogen) atoms. The van der Waals surface area contributed by atoms with E-state index in [1.807, 2.05) is 42.5 Å². The summed E-state index contributed by atoms with van der Waals surface area (Å²) in [5.74, 6) is 0.832. The third kappa shape index (κ3) is 4.13. The Labute approximate surface area is 149 Å². The molecule has 0 saturated carbocycles. The largest absolute Gasteiger partial charge is 0.488 e. The van der Waals surface area contributed by atoms with Crippen LogP contribution < -0.4 is 4.74 Å². The molecule has 4 heteroatoms. The predicted octanol–water partition coefficient (Wildman–Crippen LogP) is 4.05. The molecule has 0 unspecified atom stereocenters. The normalized spacial score (nSPS) is 20.7. The zero-order valence-corrected chi connectivity index (χ0v) is 15.0. The number of rotatable bonds is 4. The summed E-state index contributed by atoms with van der Waals surface area (Å²) >= 11 is 5.76. The quantitative estimate of drug-likeness (QED) is 0.782. The molecule has 0 N–H and O–H groups in total. The number of hydrogen-bond donors (Lipinski definition) is 0. The van der Waals surface area contributed by atoms with E-state index in [-0.39, 0.29) is 12.2 Å². The molecule has 0 radical (unpaired) electrons. The van der Waals surface area contributed by atoms with Crippen LogP contribution in [0.1, 0.15) is 25.0 Å². The highest BCUT2D eigenvalue weighted by atomic mass is 32.1. The van der Waals surface area contributed by atoms with E-state index in [4.69, 9.17) is 21.7 Å². The van der Waals surface area contributed by atoms with Crippen molar-refractivity contribution in [2.75, 3.05) is 13.1 Å². The zero-order valence-electron chi connectivity index (χ0n) is 14.1. The lowest BCUT2D eigenvalue weighted by molar-refractivity contribution is -0.0472. The minimum Gasteiger partial charge on any atom is -0.488 e.